The van der Waals surface area contributed by atoms with Crippen LogP contribution in [0.2, 0.25) is 0 Å². The maximum atomic E-state index is 5.87. The molecule has 0 spiro atoms. The van der Waals surface area contributed by atoms with E-state index < -0.39 is 0 Å². The standard InChI is InChI=1S/C13H10N4O/c14-10-3-4-11(9-2-1-6-16-13(9)10)18-12-5-7-15-8-17-12/h1-8H,14H2. The Bertz CT molecular complexity index is 685. The average Bonchev–Trinajstić information content (AvgIpc) is 2.44. The van der Waals surface area contributed by atoms with E-state index in [9.17, 15) is 0 Å². The van der Waals surface area contributed by atoms with Crippen LogP contribution in [-0.4, -0.2) is 15.0 Å². The lowest BCUT2D eigenvalue weighted by Crippen LogP contribution is -1.93. The molecule has 0 amide bonds. The molecule has 5 heteroatoms. The molecule has 0 atom stereocenters. The maximum Gasteiger partial charge on any atom is 0.222 e. The highest BCUT2D eigenvalue weighted by atomic mass is 16.5. The predicted octanol–water partition coefficient (Wildman–Crippen LogP) is 2.40. The van der Waals surface area contributed by atoms with Crippen molar-refractivity contribution in [3.05, 3.63) is 49.1 Å². The first-order chi connectivity index (χ1) is 8.84. The zero-order valence-corrected chi connectivity index (χ0v) is 9.45. The third-order valence-electron chi connectivity index (χ3n) is 2.53. The van der Waals surface area contributed by atoms with E-state index >= 15 is 0 Å². The number of nitrogens with zero attached hydrogens (tertiary/aromatic N) is 3. The molecule has 0 aliphatic heterocycles. The summed E-state index contributed by atoms with van der Waals surface area (Å²) in [6.07, 6.45) is 4.76. The van der Waals surface area contributed by atoms with Crippen molar-refractivity contribution < 1.29 is 4.74 Å². The summed E-state index contributed by atoms with van der Waals surface area (Å²) in [4.78, 5) is 12.1. The fraction of sp³-hybridized carbons (Fsp3) is 0. The van der Waals surface area contributed by atoms with Crippen molar-refractivity contribution >= 4 is 16.6 Å². The number of hydrogen-bond acceptors (Lipinski definition) is 5. The summed E-state index contributed by atoms with van der Waals surface area (Å²) >= 11 is 0. The molecular weight excluding hydrogens is 228 g/mol. The highest BCUT2D eigenvalue weighted by Gasteiger charge is 2.07. The van der Waals surface area contributed by atoms with E-state index in [-0.39, 0.29) is 0 Å². The molecule has 0 aliphatic rings. The van der Waals surface area contributed by atoms with Crippen molar-refractivity contribution in [3.8, 4) is 11.6 Å². The quantitative estimate of drug-likeness (QED) is 0.694. The second-order valence-electron chi connectivity index (χ2n) is 3.70. The fourth-order valence-corrected chi connectivity index (χ4v) is 1.71. The lowest BCUT2D eigenvalue weighted by molar-refractivity contribution is 0.466. The summed E-state index contributed by atoms with van der Waals surface area (Å²) < 4.78 is 5.70. The summed E-state index contributed by atoms with van der Waals surface area (Å²) in [7, 11) is 0. The average molecular weight is 238 g/mol. The van der Waals surface area contributed by atoms with Gasteiger partial charge in [0.2, 0.25) is 5.88 Å². The number of anilines is 1. The van der Waals surface area contributed by atoms with Crippen molar-refractivity contribution in [1.29, 1.82) is 0 Å². The Labute approximate surface area is 103 Å². The molecule has 0 saturated heterocycles. The van der Waals surface area contributed by atoms with Crippen LogP contribution in [0.5, 0.6) is 11.6 Å². The molecule has 0 bridgehead atoms. The minimum Gasteiger partial charge on any atom is -0.438 e. The summed E-state index contributed by atoms with van der Waals surface area (Å²) in [6, 6.07) is 9.02. The van der Waals surface area contributed by atoms with Gasteiger partial charge in [-0.3, -0.25) is 4.98 Å². The Balaban J connectivity index is 2.10. The van der Waals surface area contributed by atoms with E-state index in [4.69, 9.17) is 10.5 Å². The molecule has 1 aromatic carbocycles. The van der Waals surface area contributed by atoms with Crippen LogP contribution < -0.4 is 10.5 Å². The second kappa shape index (κ2) is 4.29. The molecule has 2 N–H and O–H groups in total. The van der Waals surface area contributed by atoms with Crippen LogP contribution in [-0.2, 0) is 0 Å². The molecule has 2 heterocycles. The molecule has 2 aromatic heterocycles. The summed E-state index contributed by atoms with van der Waals surface area (Å²) in [5, 5.41) is 0.858. The number of nitrogens with two attached hydrogens (primary N) is 1. The highest BCUT2D eigenvalue weighted by molar-refractivity contribution is 5.93. The number of ether oxygens (including phenoxy) is 1. The number of nitrogen functional groups attached to an aromatic ring is 1. The Kier molecular flexibility index (Phi) is 2.49. The van der Waals surface area contributed by atoms with Gasteiger partial charge in [-0.15, -0.1) is 0 Å². The molecule has 0 radical (unpaired) electrons. The molecule has 5 nitrogen and oxygen atoms in total. The van der Waals surface area contributed by atoms with Crippen LogP contribution in [0.3, 0.4) is 0 Å². The van der Waals surface area contributed by atoms with Gasteiger partial charge in [0.25, 0.3) is 0 Å². The van der Waals surface area contributed by atoms with E-state index in [2.05, 4.69) is 15.0 Å². The third kappa shape index (κ3) is 1.82. The van der Waals surface area contributed by atoms with Crippen molar-refractivity contribution in [2.24, 2.45) is 0 Å². The Hall–Kier alpha value is -2.69. The van der Waals surface area contributed by atoms with Gasteiger partial charge < -0.3 is 10.5 Å². The van der Waals surface area contributed by atoms with Crippen LogP contribution in [0.25, 0.3) is 10.9 Å². The largest absolute Gasteiger partial charge is 0.438 e. The number of hydrogen-bond donors (Lipinski definition) is 1. The van der Waals surface area contributed by atoms with Crippen LogP contribution in [0.1, 0.15) is 0 Å². The molecule has 0 fully saturated rings. The van der Waals surface area contributed by atoms with Crippen LogP contribution >= 0.6 is 0 Å². The van der Waals surface area contributed by atoms with Crippen LogP contribution in [0, 0.1) is 0 Å². The molecule has 3 aromatic rings. The first-order valence-electron chi connectivity index (χ1n) is 5.41. The van der Waals surface area contributed by atoms with Gasteiger partial charge in [-0.2, -0.15) is 0 Å². The first-order valence-corrected chi connectivity index (χ1v) is 5.41. The molecule has 0 aliphatic carbocycles. The minimum atomic E-state index is 0.486. The van der Waals surface area contributed by atoms with Crippen molar-refractivity contribution in [1.82, 2.24) is 15.0 Å². The summed E-state index contributed by atoms with van der Waals surface area (Å²) in [5.41, 5.74) is 7.23. The SMILES string of the molecule is Nc1ccc(Oc2ccncn2)c2cccnc12. The van der Waals surface area contributed by atoms with Crippen molar-refractivity contribution in [3.63, 3.8) is 0 Å². The smallest absolute Gasteiger partial charge is 0.222 e. The monoisotopic (exact) mass is 238 g/mol. The topological polar surface area (TPSA) is 73.9 Å². The van der Waals surface area contributed by atoms with E-state index in [0.717, 1.165) is 10.9 Å². The summed E-state index contributed by atoms with van der Waals surface area (Å²) in [6.45, 7) is 0. The first kappa shape index (κ1) is 10.5. The van der Waals surface area contributed by atoms with Gasteiger partial charge in [0.15, 0.2) is 0 Å². The van der Waals surface area contributed by atoms with Gasteiger partial charge in [-0.25, -0.2) is 9.97 Å². The van der Waals surface area contributed by atoms with Gasteiger partial charge in [-0.1, -0.05) is 0 Å². The number of benzene rings is 1. The molecule has 3 rings (SSSR count). The van der Waals surface area contributed by atoms with Gasteiger partial charge in [0, 0.05) is 23.8 Å². The maximum absolute atomic E-state index is 5.87. The van der Waals surface area contributed by atoms with Gasteiger partial charge in [0.05, 0.1) is 11.2 Å². The van der Waals surface area contributed by atoms with Crippen LogP contribution in [0.15, 0.2) is 49.1 Å². The number of aromatic nitrogens is 3. The fourth-order valence-electron chi connectivity index (χ4n) is 1.71. The Morgan fingerprint density at radius 3 is 2.78 bits per heavy atom. The predicted molar refractivity (Wildman–Crippen MR) is 68.3 cm³/mol. The molecular formula is C13H10N4O. The van der Waals surface area contributed by atoms with Crippen molar-refractivity contribution in [2.45, 2.75) is 0 Å². The number of rotatable bonds is 2. The van der Waals surface area contributed by atoms with Crippen LogP contribution in [0.4, 0.5) is 5.69 Å². The Morgan fingerprint density at radius 2 is 1.94 bits per heavy atom. The zero-order valence-electron chi connectivity index (χ0n) is 9.45. The Morgan fingerprint density at radius 1 is 1.00 bits per heavy atom. The molecule has 18 heavy (non-hydrogen) atoms. The third-order valence-corrected chi connectivity index (χ3v) is 2.53. The van der Waals surface area contributed by atoms with Gasteiger partial charge >= 0.3 is 0 Å². The van der Waals surface area contributed by atoms with E-state index in [0.29, 0.717) is 17.3 Å². The second-order valence-corrected chi connectivity index (χ2v) is 3.70. The summed E-state index contributed by atoms with van der Waals surface area (Å²) in [5.74, 6) is 1.16. The molecule has 0 unspecified atom stereocenters. The zero-order chi connectivity index (χ0) is 12.4. The van der Waals surface area contributed by atoms with E-state index in [1.54, 1.807) is 30.6 Å². The lowest BCUT2D eigenvalue weighted by atomic mass is 10.2. The molecule has 0 saturated carbocycles. The van der Waals surface area contributed by atoms with Gasteiger partial charge in [-0.05, 0) is 24.3 Å². The minimum absolute atomic E-state index is 0.486. The number of fused-ring (bicyclic) bond motifs is 1. The molecule has 88 valence electrons. The van der Waals surface area contributed by atoms with Gasteiger partial charge in [0.1, 0.15) is 12.1 Å². The highest BCUT2D eigenvalue weighted by Crippen LogP contribution is 2.30. The number of pyridine rings is 1. The van der Waals surface area contributed by atoms with E-state index in [1.165, 1.54) is 6.33 Å². The lowest BCUT2D eigenvalue weighted by Gasteiger charge is -2.08. The normalized spacial score (nSPS) is 10.4. The van der Waals surface area contributed by atoms with Crippen molar-refractivity contribution in [2.75, 3.05) is 5.73 Å². The van der Waals surface area contributed by atoms with E-state index in [1.807, 2.05) is 12.1 Å².